The summed E-state index contributed by atoms with van der Waals surface area (Å²) in [4.78, 5) is 11.9. The number of rotatable bonds is 5. The highest BCUT2D eigenvalue weighted by atomic mass is 16.6. The Morgan fingerprint density at radius 3 is 1.89 bits per heavy atom. The number of aryl methyl sites for hydroxylation is 2. The third kappa shape index (κ3) is 7.11. The number of hydrogen-bond acceptors (Lipinski definition) is 6. The van der Waals surface area contributed by atoms with E-state index in [1.807, 2.05) is 108 Å². The summed E-state index contributed by atoms with van der Waals surface area (Å²) in [6.45, 7) is 5.48. The Labute approximate surface area is 212 Å². The van der Waals surface area contributed by atoms with E-state index in [-0.39, 0.29) is 0 Å². The van der Waals surface area contributed by atoms with Gasteiger partial charge < -0.3 is 10.1 Å². The predicted octanol–water partition coefficient (Wildman–Crippen LogP) is 5.09. The van der Waals surface area contributed by atoms with Gasteiger partial charge in [-0.15, -0.1) is 0 Å². The van der Waals surface area contributed by atoms with Crippen molar-refractivity contribution in [3.8, 4) is 22.5 Å². The van der Waals surface area contributed by atoms with Crippen molar-refractivity contribution in [1.82, 2.24) is 25.0 Å². The SMILES string of the molecule is CN(NC(=O)OC(C)(C)C)c1cn(C)nc1-c1ccccc1.CNc1cn(C)nc1-c1ccccc1. The number of hydrogen-bond donors (Lipinski definition) is 2. The number of nitrogens with zero attached hydrogens (tertiary/aromatic N) is 5. The van der Waals surface area contributed by atoms with Crippen LogP contribution < -0.4 is 15.8 Å². The number of ether oxygens (including phenoxy) is 1. The molecule has 0 atom stereocenters. The Hall–Kier alpha value is -4.27. The summed E-state index contributed by atoms with van der Waals surface area (Å²) in [6, 6.07) is 20.0. The van der Waals surface area contributed by atoms with Crippen molar-refractivity contribution in [1.29, 1.82) is 0 Å². The number of carbonyl (C=O) groups excluding carboxylic acids is 1. The minimum Gasteiger partial charge on any atom is -0.443 e. The lowest BCUT2D eigenvalue weighted by Crippen LogP contribution is -2.42. The van der Waals surface area contributed by atoms with E-state index in [4.69, 9.17) is 4.74 Å². The van der Waals surface area contributed by atoms with E-state index < -0.39 is 11.7 Å². The van der Waals surface area contributed by atoms with Gasteiger partial charge in [-0.3, -0.25) is 14.4 Å². The lowest BCUT2D eigenvalue weighted by molar-refractivity contribution is 0.0524. The molecule has 0 saturated heterocycles. The summed E-state index contributed by atoms with van der Waals surface area (Å²) < 4.78 is 8.79. The van der Waals surface area contributed by atoms with E-state index in [0.717, 1.165) is 33.9 Å². The number of benzene rings is 2. The Balaban J connectivity index is 0.000000221. The van der Waals surface area contributed by atoms with Gasteiger partial charge in [-0.2, -0.15) is 10.2 Å². The van der Waals surface area contributed by atoms with Crippen molar-refractivity contribution in [2.75, 3.05) is 24.4 Å². The fourth-order valence-electron chi connectivity index (χ4n) is 3.50. The Morgan fingerprint density at radius 2 is 1.36 bits per heavy atom. The summed E-state index contributed by atoms with van der Waals surface area (Å²) in [6.07, 6.45) is 3.32. The predicted molar refractivity (Wildman–Crippen MR) is 145 cm³/mol. The molecular formula is C27H35N7O2. The minimum absolute atomic E-state index is 0.502. The van der Waals surface area contributed by atoms with Crippen molar-refractivity contribution < 1.29 is 9.53 Å². The highest BCUT2D eigenvalue weighted by Crippen LogP contribution is 2.28. The van der Waals surface area contributed by atoms with Crippen LogP contribution in [0, 0.1) is 0 Å². The number of nitrogens with one attached hydrogen (secondary N) is 2. The molecule has 0 aliphatic carbocycles. The average Bonchev–Trinajstić information content (AvgIpc) is 3.41. The molecule has 0 spiro atoms. The maximum Gasteiger partial charge on any atom is 0.426 e. The second-order valence-corrected chi connectivity index (χ2v) is 9.26. The third-order valence-electron chi connectivity index (χ3n) is 5.02. The van der Waals surface area contributed by atoms with Crippen molar-refractivity contribution >= 4 is 17.5 Å². The van der Waals surface area contributed by atoms with Crippen LogP contribution in [0.15, 0.2) is 73.1 Å². The number of aromatic nitrogens is 4. The highest BCUT2D eigenvalue weighted by Gasteiger charge is 2.20. The van der Waals surface area contributed by atoms with Crippen LogP contribution in [0.4, 0.5) is 16.2 Å². The van der Waals surface area contributed by atoms with Gasteiger partial charge in [0.2, 0.25) is 0 Å². The zero-order chi connectivity index (χ0) is 26.3. The summed E-state index contributed by atoms with van der Waals surface area (Å²) in [5.41, 5.74) is 7.91. The van der Waals surface area contributed by atoms with Crippen LogP contribution in [-0.4, -0.2) is 45.4 Å². The number of hydrazine groups is 1. The molecule has 9 heteroatoms. The Morgan fingerprint density at radius 1 is 0.861 bits per heavy atom. The van der Waals surface area contributed by atoms with Gasteiger partial charge in [-0.25, -0.2) is 10.2 Å². The van der Waals surface area contributed by atoms with Gasteiger partial charge in [0, 0.05) is 45.5 Å². The molecule has 2 heterocycles. The molecule has 0 saturated carbocycles. The van der Waals surface area contributed by atoms with Crippen LogP contribution in [0.2, 0.25) is 0 Å². The molecule has 0 bridgehead atoms. The monoisotopic (exact) mass is 489 g/mol. The molecule has 1 amide bonds. The van der Waals surface area contributed by atoms with Crippen LogP contribution in [0.25, 0.3) is 22.5 Å². The lowest BCUT2D eigenvalue weighted by Gasteiger charge is -2.24. The van der Waals surface area contributed by atoms with Crippen molar-refractivity contribution in [2.45, 2.75) is 26.4 Å². The fraction of sp³-hybridized carbons (Fsp3) is 0.296. The maximum atomic E-state index is 11.9. The molecule has 9 nitrogen and oxygen atoms in total. The van der Waals surface area contributed by atoms with E-state index >= 15 is 0 Å². The van der Waals surface area contributed by atoms with Gasteiger partial charge in [0.25, 0.3) is 0 Å². The molecule has 36 heavy (non-hydrogen) atoms. The smallest absolute Gasteiger partial charge is 0.426 e. The highest BCUT2D eigenvalue weighted by molar-refractivity contribution is 5.77. The summed E-state index contributed by atoms with van der Waals surface area (Å²) in [5.74, 6) is 0. The van der Waals surface area contributed by atoms with Crippen LogP contribution in [0.5, 0.6) is 0 Å². The molecule has 0 fully saturated rings. The zero-order valence-electron chi connectivity index (χ0n) is 22.0. The quantitative estimate of drug-likeness (QED) is 0.380. The third-order valence-corrected chi connectivity index (χ3v) is 5.02. The number of carbonyl (C=O) groups is 1. The Kier molecular flexibility index (Phi) is 8.37. The van der Waals surface area contributed by atoms with Crippen LogP contribution in [0.1, 0.15) is 20.8 Å². The first-order valence-corrected chi connectivity index (χ1v) is 11.7. The standard InChI is InChI=1S/C16H22N4O2.C11H13N3/c1-16(2,3)22-15(21)18-20(5)13-11-19(4)17-14(13)12-9-7-6-8-10-12;1-12-10-8-14(2)13-11(10)9-6-4-3-5-7-9/h6-11H,1-5H3,(H,18,21);3-8,12H,1-2H3. The van der Waals surface area contributed by atoms with Gasteiger partial charge in [-0.1, -0.05) is 60.7 Å². The van der Waals surface area contributed by atoms with E-state index in [9.17, 15) is 4.79 Å². The number of amides is 1. The van der Waals surface area contributed by atoms with Crippen molar-refractivity contribution in [3.63, 3.8) is 0 Å². The molecule has 2 aromatic heterocycles. The van der Waals surface area contributed by atoms with E-state index in [2.05, 4.69) is 33.1 Å². The summed E-state index contributed by atoms with van der Waals surface area (Å²) in [7, 11) is 7.43. The van der Waals surface area contributed by atoms with E-state index in [1.54, 1.807) is 16.7 Å². The second kappa shape index (κ2) is 11.4. The van der Waals surface area contributed by atoms with Gasteiger partial charge in [0.1, 0.15) is 22.7 Å². The van der Waals surface area contributed by atoms with Crippen LogP contribution in [-0.2, 0) is 18.8 Å². The first-order valence-electron chi connectivity index (χ1n) is 11.7. The molecule has 4 aromatic rings. The molecule has 2 aromatic carbocycles. The van der Waals surface area contributed by atoms with E-state index in [0.29, 0.717) is 0 Å². The largest absolute Gasteiger partial charge is 0.443 e. The Bertz CT molecular complexity index is 1260. The molecular weight excluding hydrogens is 454 g/mol. The average molecular weight is 490 g/mol. The minimum atomic E-state index is -0.540. The first-order chi connectivity index (χ1) is 17.1. The molecule has 4 rings (SSSR count). The van der Waals surface area contributed by atoms with E-state index in [1.165, 1.54) is 0 Å². The van der Waals surface area contributed by atoms with Crippen molar-refractivity contribution in [2.24, 2.45) is 14.1 Å². The maximum absolute atomic E-state index is 11.9. The van der Waals surface area contributed by atoms with Gasteiger partial charge in [0.05, 0.1) is 11.9 Å². The summed E-state index contributed by atoms with van der Waals surface area (Å²) in [5, 5.41) is 13.6. The summed E-state index contributed by atoms with van der Waals surface area (Å²) >= 11 is 0. The molecule has 2 N–H and O–H groups in total. The molecule has 0 radical (unpaired) electrons. The first kappa shape index (κ1) is 26.3. The normalized spacial score (nSPS) is 10.8. The molecule has 0 unspecified atom stereocenters. The second-order valence-electron chi connectivity index (χ2n) is 9.26. The molecule has 0 aliphatic heterocycles. The van der Waals surface area contributed by atoms with Crippen LogP contribution in [0.3, 0.4) is 0 Å². The topological polar surface area (TPSA) is 89.2 Å². The molecule has 0 aliphatic rings. The lowest BCUT2D eigenvalue weighted by atomic mass is 10.1. The van der Waals surface area contributed by atoms with Gasteiger partial charge in [0.15, 0.2) is 0 Å². The van der Waals surface area contributed by atoms with Gasteiger partial charge in [-0.05, 0) is 20.8 Å². The van der Waals surface area contributed by atoms with Gasteiger partial charge >= 0.3 is 6.09 Å². The fourth-order valence-corrected chi connectivity index (χ4v) is 3.50. The number of anilines is 2. The van der Waals surface area contributed by atoms with Crippen molar-refractivity contribution in [3.05, 3.63) is 73.1 Å². The molecule has 190 valence electrons. The van der Waals surface area contributed by atoms with Crippen LogP contribution >= 0.6 is 0 Å². The zero-order valence-corrected chi connectivity index (χ0v) is 22.0.